The fraction of sp³-hybridized carbons (Fsp3) is 0.556. The quantitative estimate of drug-likeness (QED) is 0.865. The van der Waals surface area contributed by atoms with Crippen LogP contribution in [0, 0.1) is 5.92 Å². The molecular formula is C18H25N3O2. The summed E-state index contributed by atoms with van der Waals surface area (Å²) in [5, 5.41) is 3.04. The van der Waals surface area contributed by atoms with Gasteiger partial charge in [-0.05, 0) is 36.8 Å². The molecule has 1 aliphatic heterocycles. The topological polar surface area (TPSA) is 75.4 Å². The van der Waals surface area contributed by atoms with Crippen molar-refractivity contribution in [1.29, 1.82) is 0 Å². The maximum Gasteiger partial charge on any atom is 0.223 e. The van der Waals surface area contributed by atoms with Crippen LogP contribution in [0.4, 0.5) is 0 Å². The van der Waals surface area contributed by atoms with E-state index in [-0.39, 0.29) is 23.8 Å². The minimum atomic E-state index is 0.0531. The number of nitrogens with two attached hydrogens (primary N) is 1. The Morgan fingerprint density at radius 3 is 2.70 bits per heavy atom. The average molecular weight is 315 g/mol. The van der Waals surface area contributed by atoms with Gasteiger partial charge in [0, 0.05) is 38.0 Å². The molecule has 2 aliphatic rings. The minimum Gasteiger partial charge on any atom is -0.352 e. The first-order chi connectivity index (χ1) is 11.1. The van der Waals surface area contributed by atoms with Crippen LogP contribution in [0.3, 0.4) is 0 Å². The van der Waals surface area contributed by atoms with Crippen LogP contribution in [0.25, 0.3) is 0 Å². The molecule has 0 unspecified atom stereocenters. The Morgan fingerprint density at radius 1 is 1.26 bits per heavy atom. The molecular weight excluding hydrogens is 290 g/mol. The zero-order valence-electron chi connectivity index (χ0n) is 13.5. The number of likely N-dealkylation sites (tertiary alicyclic amines) is 1. The summed E-state index contributed by atoms with van der Waals surface area (Å²) in [7, 11) is 0. The van der Waals surface area contributed by atoms with Gasteiger partial charge in [0.15, 0.2) is 0 Å². The van der Waals surface area contributed by atoms with Crippen molar-refractivity contribution in [2.45, 2.75) is 51.2 Å². The Balaban J connectivity index is 1.59. The normalized spacial score (nSPS) is 24.2. The third kappa shape index (κ3) is 3.91. The van der Waals surface area contributed by atoms with E-state index in [9.17, 15) is 9.59 Å². The highest BCUT2D eigenvalue weighted by molar-refractivity contribution is 5.79. The zero-order chi connectivity index (χ0) is 16.2. The monoisotopic (exact) mass is 315 g/mol. The van der Waals surface area contributed by atoms with E-state index in [1.807, 2.05) is 29.2 Å². The smallest absolute Gasteiger partial charge is 0.223 e. The summed E-state index contributed by atoms with van der Waals surface area (Å²) in [6.07, 6.45) is 4.21. The fourth-order valence-corrected chi connectivity index (χ4v) is 3.54. The van der Waals surface area contributed by atoms with Gasteiger partial charge in [0.1, 0.15) is 0 Å². The van der Waals surface area contributed by atoms with Gasteiger partial charge in [0.2, 0.25) is 11.8 Å². The molecule has 3 N–H and O–H groups in total. The molecule has 2 amide bonds. The van der Waals surface area contributed by atoms with E-state index in [1.165, 1.54) is 0 Å². The van der Waals surface area contributed by atoms with E-state index in [0.717, 1.165) is 43.4 Å². The molecule has 2 fully saturated rings. The molecule has 23 heavy (non-hydrogen) atoms. The second kappa shape index (κ2) is 7.13. The number of amides is 2. The fourth-order valence-electron chi connectivity index (χ4n) is 3.54. The third-order valence-corrected chi connectivity index (χ3v) is 4.95. The van der Waals surface area contributed by atoms with Crippen LogP contribution in [-0.2, 0) is 22.7 Å². The lowest BCUT2D eigenvalue weighted by Gasteiger charge is -2.19. The molecule has 1 saturated heterocycles. The molecule has 0 aromatic heterocycles. The van der Waals surface area contributed by atoms with Crippen molar-refractivity contribution in [2.75, 3.05) is 6.54 Å². The Labute approximate surface area is 137 Å². The van der Waals surface area contributed by atoms with Gasteiger partial charge < -0.3 is 16.0 Å². The standard InChI is InChI=1S/C18H25N3O2/c19-16-8-7-13(10-16)18(23)20-11-14-4-1-2-5-15(14)12-21-9-3-6-17(21)22/h1-2,4-5,13,16H,3,6-12,19H2,(H,20,23)/t13-,16+/m0/s1. The van der Waals surface area contributed by atoms with E-state index < -0.39 is 0 Å². The number of carbonyl (C=O) groups excluding carboxylic acids is 2. The van der Waals surface area contributed by atoms with Crippen LogP contribution in [0.2, 0.25) is 0 Å². The first kappa shape index (κ1) is 16.0. The SMILES string of the molecule is N[C@@H]1CC[C@H](C(=O)NCc2ccccc2CN2CCCC2=O)C1. The summed E-state index contributed by atoms with van der Waals surface area (Å²) in [5.41, 5.74) is 8.08. The lowest BCUT2D eigenvalue weighted by molar-refractivity contribution is -0.128. The summed E-state index contributed by atoms with van der Waals surface area (Å²) in [4.78, 5) is 25.9. The number of hydrogen-bond donors (Lipinski definition) is 2. The largest absolute Gasteiger partial charge is 0.352 e. The molecule has 0 radical (unpaired) electrons. The van der Waals surface area contributed by atoms with Crippen molar-refractivity contribution in [1.82, 2.24) is 10.2 Å². The highest BCUT2D eigenvalue weighted by Gasteiger charge is 2.27. The summed E-state index contributed by atoms with van der Waals surface area (Å²) in [5.74, 6) is 0.381. The van der Waals surface area contributed by atoms with Gasteiger partial charge in [0.25, 0.3) is 0 Å². The Kier molecular flexibility index (Phi) is 4.96. The maximum atomic E-state index is 12.2. The molecule has 1 aliphatic carbocycles. The summed E-state index contributed by atoms with van der Waals surface area (Å²) in [6.45, 7) is 1.99. The molecule has 5 nitrogen and oxygen atoms in total. The molecule has 1 saturated carbocycles. The number of rotatable bonds is 5. The van der Waals surface area contributed by atoms with Crippen molar-refractivity contribution in [2.24, 2.45) is 11.7 Å². The van der Waals surface area contributed by atoms with Crippen LogP contribution in [0.5, 0.6) is 0 Å². The zero-order valence-corrected chi connectivity index (χ0v) is 13.5. The second-order valence-corrected chi connectivity index (χ2v) is 6.68. The van der Waals surface area contributed by atoms with Crippen LogP contribution in [0.1, 0.15) is 43.2 Å². The predicted octanol–water partition coefficient (Wildman–Crippen LogP) is 1.55. The number of carbonyl (C=O) groups is 2. The minimum absolute atomic E-state index is 0.0531. The second-order valence-electron chi connectivity index (χ2n) is 6.68. The van der Waals surface area contributed by atoms with Crippen molar-refractivity contribution < 1.29 is 9.59 Å². The highest BCUT2D eigenvalue weighted by Crippen LogP contribution is 2.24. The molecule has 5 heteroatoms. The number of benzene rings is 1. The van der Waals surface area contributed by atoms with E-state index in [1.54, 1.807) is 0 Å². The van der Waals surface area contributed by atoms with Gasteiger partial charge in [-0.1, -0.05) is 24.3 Å². The van der Waals surface area contributed by atoms with Gasteiger partial charge in [0.05, 0.1) is 0 Å². The summed E-state index contributed by atoms with van der Waals surface area (Å²) < 4.78 is 0. The molecule has 1 aromatic rings. The molecule has 1 heterocycles. The number of nitrogens with one attached hydrogen (secondary N) is 1. The molecule has 2 atom stereocenters. The van der Waals surface area contributed by atoms with Gasteiger partial charge >= 0.3 is 0 Å². The van der Waals surface area contributed by atoms with Gasteiger partial charge in [-0.2, -0.15) is 0 Å². The molecule has 1 aromatic carbocycles. The Morgan fingerprint density at radius 2 is 2.04 bits per heavy atom. The number of nitrogens with zero attached hydrogens (tertiary/aromatic N) is 1. The van der Waals surface area contributed by atoms with Crippen molar-refractivity contribution in [3.63, 3.8) is 0 Å². The highest BCUT2D eigenvalue weighted by atomic mass is 16.2. The van der Waals surface area contributed by atoms with E-state index >= 15 is 0 Å². The first-order valence-electron chi connectivity index (χ1n) is 8.51. The maximum absolute atomic E-state index is 12.2. The predicted molar refractivity (Wildman–Crippen MR) is 88.3 cm³/mol. The lowest BCUT2D eigenvalue weighted by atomic mass is 10.0. The van der Waals surface area contributed by atoms with Crippen LogP contribution in [0.15, 0.2) is 24.3 Å². The van der Waals surface area contributed by atoms with E-state index in [4.69, 9.17) is 5.73 Å². The van der Waals surface area contributed by atoms with Crippen molar-refractivity contribution in [3.05, 3.63) is 35.4 Å². The number of hydrogen-bond acceptors (Lipinski definition) is 3. The molecule has 0 bridgehead atoms. The Bertz CT molecular complexity index is 587. The average Bonchev–Trinajstić information content (AvgIpc) is 3.15. The molecule has 124 valence electrons. The van der Waals surface area contributed by atoms with Gasteiger partial charge in [-0.3, -0.25) is 9.59 Å². The van der Waals surface area contributed by atoms with E-state index in [2.05, 4.69) is 5.32 Å². The summed E-state index contributed by atoms with van der Waals surface area (Å²) in [6, 6.07) is 8.19. The lowest BCUT2D eigenvalue weighted by Crippen LogP contribution is -2.31. The third-order valence-electron chi connectivity index (χ3n) is 4.95. The van der Waals surface area contributed by atoms with Crippen LogP contribution in [-0.4, -0.2) is 29.3 Å². The molecule has 0 spiro atoms. The molecule has 3 rings (SSSR count). The van der Waals surface area contributed by atoms with Crippen molar-refractivity contribution >= 4 is 11.8 Å². The Hall–Kier alpha value is -1.88. The van der Waals surface area contributed by atoms with Gasteiger partial charge in [-0.15, -0.1) is 0 Å². The summed E-state index contributed by atoms with van der Waals surface area (Å²) >= 11 is 0. The van der Waals surface area contributed by atoms with Crippen LogP contribution < -0.4 is 11.1 Å². The van der Waals surface area contributed by atoms with Gasteiger partial charge in [-0.25, -0.2) is 0 Å². The van der Waals surface area contributed by atoms with Crippen molar-refractivity contribution in [3.8, 4) is 0 Å². The van der Waals surface area contributed by atoms with E-state index in [0.29, 0.717) is 19.5 Å². The van der Waals surface area contributed by atoms with Crippen LogP contribution >= 0.6 is 0 Å². The first-order valence-corrected chi connectivity index (χ1v) is 8.51.